The van der Waals surface area contributed by atoms with Gasteiger partial charge >= 0.3 is 5.69 Å². The zero-order valence-corrected chi connectivity index (χ0v) is 10.2. The van der Waals surface area contributed by atoms with Crippen LogP contribution >= 0.6 is 0 Å². The average molecular weight is 245 g/mol. The third-order valence-electron chi connectivity index (χ3n) is 3.39. The lowest BCUT2D eigenvalue weighted by Crippen LogP contribution is -2.16. The summed E-state index contributed by atoms with van der Waals surface area (Å²) in [6.45, 7) is 2.18. The van der Waals surface area contributed by atoms with Crippen molar-refractivity contribution in [3.05, 3.63) is 33.9 Å². The molecule has 0 saturated heterocycles. The van der Waals surface area contributed by atoms with Crippen LogP contribution in [-0.2, 0) is 0 Å². The highest BCUT2D eigenvalue weighted by Crippen LogP contribution is 2.33. The topological polar surface area (TPSA) is 79.0 Å². The number of nitrogens with zero attached hydrogens (tertiary/aromatic N) is 2. The van der Waals surface area contributed by atoms with Gasteiger partial charge in [0.25, 0.3) is 0 Å². The molecule has 0 amide bonds. The van der Waals surface area contributed by atoms with Gasteiger partial charge in [-0.3, -0.25) is 10.1 Å². The van der Waals surface area contributed by atoms with Crippen LogP contribution in [0.4, 0.5) is 11.4 Å². The summed E-state index contributed by atoms with van der Waals surface area (Å²) in [6.07, 6.45) is 3.19. The predicted octanol–water partition coefficient (Wildman–Crippen LogP) is 3.07. The molecule has 5 nitrogen and oxygen atoms in total. The number of hydrogen-bond acceptors (Lipinski definition) is 4. The van der Waals surface area contributed by atoms with Gasteiger partial charge in [0.1, 0.15) is 17.3 Å². The minimum absolute atomic E-state index is 0.107. The first-order valence-electron chi connectivity index (χ1n) is 6.06. The molecule has 2 atom stereocenters. The van der Waals surface area contributed by atoms with Gasteiger partial charge in [-0.25, -0.2) is 0 Å². The lowest BCUT2D eigenvalue weighted by atomic mass is 10.1. The Labute approximate surface area is 106 Å². The molecule has 0 heterocycles. The maximum atomic E-state index is 11.1. The SMILES string of the molecule is CC1CCC(Nc2cccc(C#N)c2[N+](=O)[O-])C1. The highest BCUT2D eigenvalue weighted by atomic mass is 16.6. The van der Waals surface area contributed by atoms with Crippen molar-refractivity contribution in [2.45, 2.75) is 32.2 Å². The Hall–Kier alpha value is -2.09. The molecule has 1 aromatic rings. The summed E-state index contributed by atoms with van der Waals surface area (Å²) in [5.41, 5.74) is 0.453. The molecule has 1 aliphatic rings. The minimum Gasteiger partial charge on any atom is -0.377 e. The van der Waals surface area contributed by atoms with Crippen LogP contribution in [0.5, 0.6) is 0 Å². The number of rotatable bonds is 3. The van der Waals surface area contributed by atoms with Gasteiger partial charge in [-0.05, 0) is 37.3 Å². The minimum atomic E-state index is -0.487. The highest BCUT2D eigenvalue weighted by molar-refractivity contribution is 5.68. The van der Waals surface area contributed by atoms with Gasteiger partial charge in [0.05, 0.1) is 4.92 Å². The predicted molar refractivity (Wildman–Crippen MR) is 68.2 cm³/mol. The van der Waals surface area contributed by atoms with Crippen LogP contribution in [0.2, 0.25) is 0 Å². The lowest BCUT2D eigenvalue weighted by Gasteiger charge is -2.14. The van der Waals surface area contributed by atoms with Crippen LogP contribution in [0.3, 0.4) is 0 Å². The first-order chi connectivity index (χ1) is 8.61. The number of nitro benzene ring substituents is 1. The van der Waals surface area contributed by atoms with Crippen LogP contribution < -0.4 is 5.32 Å². The highest BCUT2D eigenvalue weighted by Gasteiger charge is 2.25. The van der Waals surface area contributed by atoms with E-state index in [1.54, 1.807) is 12.1 Å². The quantitative estimate of drug-likeness (QED) is 0.655. The second-order valence-corrected chi connectivity index (χ2v) is 4.83. The van der Waals surface area contributed by atoms with E-state index < -0.39 is 4.92 Å². The van der Waals surface area contributed by atoms with Crippen molar-refractivity contribution >= 4 is 11.4 Å². The van der Waals surface area contributed by atoms with Crippen LogP contribution in [0.25, 0.3) is 0 Å². The van der Waals surface area contributed by atoms with Crippen molar-refractivity contribution in [1.82, 2.24) is 0 Å². The number of benzene rings is 1. The monoisotopic (exact) mass is 245 g/mol. The Kier molecular flexibility index (Phi) is 3.47. The average Bonchev–Trinajstić information content (AvgIpc) is 2.74. The number of nitrogens with one attached hydrogen (secondary N) is 1. The Morgan fingerprint density at radius 1 is 1.50 bits per heavy atom. The molecule has 0 radical (unpaired) electrons. The molecule has 1 aliphatic carbocycles. The molecule has 0 aliphatic heterocycles. The number of nitriles is 1. The Morgan fingerprint density at radius 3 is 2.83 bits per heavy atom. The van der Waals surface area contributed by atoms with Gasteiger partial charge in [-0.1, -0.05) is 13.0 Å². The van der Waals surface area contributed by atoms with E-state index in [4.69, 9.17) is 5.26 Å². The Morgan fingerprint density at radius 2 is 2.28 bits per heavy atom. The fraction of sp³-hybridized carbons (Fsp3) is 0.462. The molecular formula is C13H15N3O2. The second-order valence-electron chi connectivity index (χ2n) is 4.83. The number of anilines is 1. The summed E-state index contributed by atoms with van der Waals surface area (Å²) >= 11 is 0. The van der Waals surface area contributed by atoms with Crippen LogP contribution in [0.15, 0.2) is 18.2 Å². The van der Waals surface area contributed by atoms with E-state index in [9.17, 15) is 10.1 Å². The van der Waals surface area contributed by atoms with E-state index in [-0.39, 0.29) is 17.3 Å². The molecule has 2 rings (SSSR count). The van der Waals surface area contributed by atoms with Gasteiger partial charge in [0.2, 0.25) is 0 Å². The van der Waals surface area contributed by atoms with Gasteiger partial charge in [-0.15, -0.1) is 0 Å². The zero-order valence-electron chi connectivity index (χ0n) is 10.2. The summed E-state index contributed by atoms with van der Waals surface area (Å²) in [6, 6.07) is 6.95. The number of hydrogen-bond donors (Lipinski definition) is 1. The van der Waals surface area contributed by atoms with Gasteiger partial charge in [0.15, 0.2) is 0 Å². The van der Waals surface area contributed by atoms with Crippen molar-refractivity contribution in [3.8, 4) is 6.07 Å². The molecule has 5 heteroatoms. The van der Waals surface area contributed by atoms with E-state index in [0.717, 1.165) is 19.3 Å². The first kappa shape index (κ1) is 12.4. The molecular weight excluding hydrogens is 230 g/mol. The fourth-order valence-electron chi connectivity index (χ4n) is 2.51. The normalized spacial score (nSPS) is 22.4. The lowest BCUT2D eigenvalue weighted by molar-refractivity contribution is -0.384. The van der Waals surface area contributed by atoms with E-state index in [1.807, 2.05) is 6.07 Å². The molecule has 0 spiro atoms. The summed E-state index contributed by atoms with van der Waals surface area (Å²) in [7, 11) is 0. The van der Waals surface area contributed by atoms with Crippen LogP contribution in [0, 0.1) is 27.4 Å². The molecule has 1 N–H and O–H groups in total. The van der Waals surface area contributed by atoms with Crippen LogP contribution in [-0.4, -0.2) is 11.0 Å². The first-order valence-corrected chi connectivity index (χ1v) is 6.06. The van der Waals surface area contributed by atoms with E-state index >= 15 is 0 Å². The summed E-state index contributed by atoms with van der Waals surface area (Å²) in [5, 5.41) is 23.2. The van der Waals surface area contributed by atoms with Gasteiger partial charge in [-0.2, -0.15) is 5.26 Å². The van der Waals surface area contributed by atoms with Gasteiger partial charge in [0, 0.05) is 6.04 Å². The summed E-state index contributed by atoms with van der Waals surface area (Å²) < 4.78 is 0. The zero-order chi connectivity index (χ0) is 13.1. The second kappa shape index (κ2) is 5.05. The molecule has 2 unspecified atom stereocenters. The van der Waals surface area contributed by atoms with E-state index in [0.29, 0.717) is 11.6 Å². The molecule has 1 saturated carbocycles. The third-order valence-corrected chi connectivity index (χ3v) is 3.39. The molecule has 0 aromatic heterocycles. The Balaban J connectivity index is 2.27. The maximum absolute atomic E-state index is 11.1. The number of para-hydroxylation sites is 1. The van der Waals surface area contributed by atoms with Crippen molar-refractivity contribution < 1.29 is 4.92 Å². The van der Waals surface area contributed by atoms with Gasteiger partial charge < -0.3 is 5.32 Å². The molecule has 18 heavy (non-hydrogen) atoms. The third kappa shape index (κ3) is 2.43. The molecule has 1 aromatic carbocycles. The molecule has 1 fully saturated rings. The van der Waals surface area contributed by atoms with Crippen molar-refractivity contribution in [1.29, 1.82) is 5.26 Å². The Bertz CT molecular complexity index is 507. The molecule has 0 bridgehead atoms. The van der Waals surface area contributed by atoms with Crippen molar-refractivity contribution in [3.63, 3.8) is 0 Å². The van der Waals surface area contributed by atoms with Crippen molar-refractivity contribution in [2.24, 2.45) is 5.92 Å². The number of nitro groups is 1. The summed E-state index contributed by atoms with van der Waals surface area (Å²) in [4.78, 5) is 10.6. The fourth-order valence-corrected chi connectivity index (χ4v) is 2.51. The van der Waals surface area contributed by atoms with Crippen molar-refractivity contribution in [2.75, 3.05) is 5.32 Å². The smallest absolute Gasteiger partial charge is 0.309 e. The summed E-state index contributed by atoms with van der Waals surface area (Å²) in [5.74, 6) is 0.653. The van der Waals surface area contributed by atoms with Crippen LogP contribution in [0.1, 0.15) is 31.7 Å². The van der Waals surface area contributed by atoms with E-state index in [1.165, 1.54) is 6.07 Å². The maximum Gasteiger partial charge on any atom is 0.309 e. The van der Waals surface area contributed by atoms with E-state index in [2.05, 4.69) is 12.2 Å². The largest absolute Gasteiger partial charge is 0.377 e. The standard InChI is InChI=1S/C13H15N3O2/c1-9-5-6-11(7-9)15-12-4-2-3-10(8-14)13(12)16(17)18/h2-4,9,11,15H,5-7H2,1H3. The molecule has 94 valence electrons.